The molecule has 0 amide bonds. The Morgan fingerprint density at radius 2 is 0.566 bits per heavy atom. The fourth-order valence-electron chi connectivity index (χ4n) is 4.54. The maximum atomic E-state index is 8.82. The third-order valence-corrected chi connectivity index (χ3v) is 8.32. The zero-order valence-corrected chi connectivity index (χ0v) is 36.8. The SMILES string of the molecule is Brc1cc(Br)cc(Br)c1.C=C.CCC/C=C/c1cc(/C=C/CCC)cc(/C=C/CCC)c1.OCC/C=C/c1cc(/C=C/CCO)cc(/C=C/CCO)c1. The second-order valence-electron chi connectivity index (χ2n) is 11.8. The van der Waals surface area contributed by atoms with Gasteiger partial charge >= 0.3 is 0 Å². The minimum atomic E-state index is 0.149. The van der Waals surface area contributed by atoms with Crippen LogP contribution in [0.3, 0.4) is 0 Å². The molecule has 3 N–H and O–H groups in total. The number of allylic oxidation sites excluding steroid dienone is 3. The first-order valence-corrected chi connectivity index (χ1v) is 20.9. The largest absolute Gasteiger partial charge is 0.396 e. The van der Waals surface area contributed by atoms with Crippen molar-refractivity contribution in [2.24, 2.45) is 0 Å². The zero-order chi connectivity index (χ0) is 39.5. The molecule has 0 saturated heterocycles. The number of halogens is 3. The van der Waals surface area contributed by atoms with Crippen molar-refractivity contribution in [1.29, 1.82) is 0 Å². The first-order chi connectivity index (χ1) is 25.8. The zero-order valence-electron chi connectivity index (χ0n) is 32.0. The van der Waals surface area contributed by atoms with Crippen LogP contribution in [-0.4, -0.2) is 35.1 Å². The van der Waals surface area contributed by atoms with E-state index in [1.165, 1.54) is 36.0 Å². The van der Waals surface area contributed by atoms with Gasteiger partial charge in [0.1, 0.15) is 0 Å². The van der Waals surface area contributed by atoms with Crippen LogP contribution in [0.4, 0.5) is 0 Å². The Kier molecular flexibility index (Phi) is 33.0. The number of hydrogen-bond donors (Lipinski definition) is 3. The number of aliphatic hydroxyl groups excluding tert-OH is 3. The van der Waals surface area contributed by atoms with Gasteiger partial charge in [-0.3, -0.25) is 0 Å². The lowest BCUT2D eigenvalue weighted by atomic mass is 10.0. The van der Waals surface area contributed by atoms with Crippen LogP contribution in [-0.2, 0) is 0 Å². The van der Waals surface area contributed by atoms with Crippen molar-refractivity contribution < 1.29 is 15.3 Å². The van der Waals surface area contributed by atoms with Gasteiger partial charge in [0.25, 0.3) is 0 Å². The molecule has 0 saturated carbocycles. The molecule has 6 heteroatoms. The lowest BCUT2D eigenvalue weighted by molar-refractivity contribution is 0.302. The van der Waals surface area contributed by atoms with E-state index in [0.29, 0.717) is 19.3 Å². The van der Waals surface area contributed by atoms with Gasteiger partial charge in [-0.25, -0.2) is 0 Å². The number of unbranched alkanes of at least 4 members (excludes halogenated alkanes) is 3. The van der Waals surface area contributed by atoms with Crippen molar-refractivity contribution in [3.63, 3.8) is 0 Å². The maximum absolute atomic E-state index is 8.82. The van der Waals surface area contributed by atoms with Crippen LogP contribution in [0.25, 0.3) is 36.5 Å². The fraction of sp³-hybridized carbons (Fsp3) is 0.319. The van der Waals surface area contributed by atoms with Gasteiger partial charge in [0, 0.05) is 33.2 Å². The lowest BCUT2D eigenvalue weighted by Gasteiger charge is -2.02. The van der Waals surface area contributed by atoms with Crippen molar-refractivity contribution in [3.05, 3.63) is 151 Å². The second kappa shape index (κ2) is 34.9. The smallest absolute Gasteiger partial charge is 0.0465 e. The summed E-state index contributed by atoms with van der Waals surface area (Å²) in [6, 6.07) is 19.0. The minimum absolute atomic E-state index is 0.149. The van der Waals surface area contributed by atoms with Crippen molar-refractivity contribution in [3.8, 4) is 0 Å². The molecule has 53 heavy (non-hydrogen) atoms. The highest BCUT2D eigenvalue weighted by molar-refractivity contribution is 9.11. The highest BCUT2D eigenvalue weighted by Gasteiger charge is 1.97. The topological polar surface area (TPSA) is 60.7 Å². The summed E-state index contributed by atoms with van der Waals surface area (Å²) >= 11 is 10.1. The normalized spacial score (nSPS) is 11.3. The maximum Gasteiger partial charge on any atom is 0.0465 e. The third-order valence-electron chi connectivity index (χ3n) is 6.94. The van der Waals surface area contributed by atoms with Gasteiger partial charge in [-0.2, -0.15) is 0 Å². The molecule has 0 aromatic heterocycles. The molecule has 0 radical (unpaired) electrons. The molecule has 0 fully saturated rings. The van der Waals surface area contributed by atoms with Gasteiger partial charge in [-0.15, -0.1) is 13.2 Å². The van der Waals surface area contributed by atoms with E-state index in [-0.39, 0.29) is 19.8 Å². The molecule has 288 valence electrons. The van der Waals surface area contributed by atoms with E-state index in [4.69, 9.17) is 15.3 Å². The molecular weight excluding hydrogens is 852 g/mol. The summed E-state index contributed by atoms with van der Waals surface area (Å²) in [4.78, 5) is 0. The molecule has 0 spiro atoms. The van der Waals surface area contributed by atoms with E-state index in [1.54, 1.807) is 0 Å². The molecule has 3 nitrogen and oxygen atoms in total. The molecule has 0 unspecified atom stereocenters. The van der Waals surface area contributed by atoms with Gasteiger partial charge in [0.05, 0.1) is 0 Å². The molecular formula is C47H61Br3O3. The Morgan fingerprint density at radius 3 is 0.736 bits per heavy atom. The van der Waals surface area contributed by atoms with E-state index in [2.05, 4.69) is 155 Å². The van der Waals surface area contributed by atoms with E-state index in [9.17, 15) is 0 Å². The summed E-state index contributed by atoms with van der Waals surface area (Å²) in [5.41, 5.74) is 7.12. The monoisotopic (exact) mass is 910 g/mol. The Labute approximate surface area is 346 Å². The predicted octanol–water partition coefficient (Wildman–Crippen LogP) is 14.8. The molecule has 0 heterocycles. The Balaban J connectivity index is 0.000000799. The van der Waals surface area contributed by atoms with Gasteiger partial charge < -0.3 is 15.3 Å². The average molecular weight is 914 g/mol. The van der Waals surface area contributed by atoms with Crippen LogP contribution in [0.15, 0.2) is 118 Å². The summed E-state index contributed by atoms with van der Waals surface area (Å²) in [5.74, 6) is 0. The summed E-state index contributed by atoms with van der Waals surface area (Å²) in [6.07, 6.45) is 34.3. The first kappa shape index (κ1) is 50.2. The van der Waals surface area contributed by atoms with Gasteiger partial charge in [0.15, 0.2) is 0 Å². The minimum Gasteiger partial charge on any atom is -0.396 e. The van der Waals surface area contributed by atoms with Crippen LogP contribution in [0, 0.1) is 0 Å². The van der Waals surface area contributed by atoms with Gasteiger partial charge in [0.2, 0.25) is 0 Å². The quantitative estimate of drug-likeness (QED) is 0.111. The Morgan fingerprint density at radius 1 is 0.377 bits per heavy atom. The lowest BCUT2D eigenvalue weighted by Crippen LogP contribution is -1.83. The van der Waals surface area contributed by atoms with E-state index < -0.39 is 0 Å². The van der Waals surface area contributed by atoms with Gasteiger partial charge in [-0.1, -0.05) is 161 Å². The highest BCUT2D eigenvalue weighted by Crippen LogP contribution is 2.23. The molecule has 0 aliphatic heterocycles. The summed E-state index contributed by atoms with van der Waals surface area (Å²) in [7, 11) is 0. The van der Waals surface area contributed by atoms with E-state index in [1.807, 2.05) is 54.7 Å². The van der Waals surface area contributed by atoms with E-state index in [0.717, 1.165) is 49.4 Å². The van der Waals surface area contributed by atoms with Crippen LogP contribution < -0.4 is 0 Å². The standard InChI is InChI=1S/C21H30.C18H24O3.C6H3Br3.C2H4/c1-4-7-10-13-19-16-20(14-11-8-5-2)18-21(17-19)15-12-9-6-3;19-10-4-1-7-16-13-17(8-2-5-11-20)15-18(14-16)9-3-6-12-21;7-4-1-5(8)3-6(9)2-4;1-2/h10-18H,4-9H2,1-3H3;1-3,7-9,13-15,19-21H,4-6,10-12H2;1-3H;1-2H2/b13-10+,14-11+,15-12+;7-1+,8-2+,9-3+;;. The number of aliphatic hydroxyl groups is 3. The van der Waals surface area contributed by atoms with Gasteiger partial charge in [-0.05, 0) is 127 Å². The molecule has 3 aromatic rings. The van der Waals surface area contributed by atoms with Crippen molar-refractivity contribution in [1.82, 2.24) is 0 Å². The van der Waals surface area contributed by atoms with Crippen molar-refractivity contribution in [2.45, 2.75) is 78.6 Å². The molecule has 0 aliphatic carbocycles. The van der Waals surface area contributed by atoms with Crippen LogP contribution in [0.5, 0.6) is 0 Å². The number of hydrogen-bond acceptors (Lipinski definition) is 3. The Bertz CT molecular complexity index is 1260. The Hall–Kier alpha value is -2.84. The number of benzene rings is 3. The second-order valence-corrected chi connectivity index (χ2v) is 14.5. The van der Waals surface area contributed by atoms with Crippen molar-refractivity contribution >= 4 is 84.2 Å². The first-order valence-electron chi connectivity index (χ1n) is 18.5. The van der Waals surface area contributed by atoms with Crippen LogP contribution in [0.2, 0.25) is 0 Å². The third kappa shape index (κ3) is 27.4. The molecule has 3 aromatic carbocycles. The summed E-state index contributed by atoms with van der Waals surface area (Å²) in [6.45, 7) is 13.1. The molecule has 0 aliphatic rings. The molecule has 0 bridgehead atoms. The molecule has 0 atom stereocenters. The molecule has 3 rings (SSSR count). The summed E-state index contributed by atoms with van der Waals surface area (Å²) in [5, 5.41) is 26.5. The van der Waals surface area contributed by atoms with E-state index >= 15 is 0 Å². The number of rotatable bonds is 18. The average Bonchev–Trinajstić information content (AvgIpc) is 3.13. The van der Waals surface area contributed by atoms with Crippen molar-refractivity contribution in [2.75, 3.05) is 19.8 Å². The predicted molar refractivity (Wildman–Crippen MR) is 248 cm³/mol. The van der Waals surface area contributed by atoms with Crippen LogP contribution in [0.1, 0.15) is 112 Å². The van der Waals surface area contributed by atoms with Crippen LogP contribution >= 0.6 is 47.8 Å². The fourth-order valence-corrected chi connectivity index (χ4v) is 6.94. The summed E-state index contributed by atoms with van der Waals surface area (Å²) < 4.78 is 3.22. The highest BCUT2D eigenvalue weighted by atomic mass is 79.9.